The van der Waals surface area contributed by atoms with Crippen molar-refractivity contribution in [3.05, 3.63) is 0 Å². The molecule has 134 valence electrons. The minimum Gasteiger partial charge on any atom is -0.480 e. The van der Waals surface area contributed by atoms with Gasteiger partial charge in [0.05, 0.1) is 19.3 Å². The van der Waals surface area contributed by atoms with E-state index in [4.69, 9.17) is 4.74 Å². The Bertz CT molecular complexity index is 366. The Morgan fingerprint density at radius 1 is 1.17 bits per heavy atom. The van der Waals surface area contributed by atoms with E-state index in [-0.39, 0.29) is 17.9 Å². The van der Waals surface area contributed by atoms with Crippen LogP contribution in [0.15, 0.2) is 0 Å². The maximum absolute atomic E-state index is 12.8. The fraction of sp³-hybridized carbons (Fsp3) is 0.882. The molecule has 2 N–H and O–H groups in total. The third-order valence-corrected chi connectivity index (χ3v) is 4.66. The maximum Gasteiger partial charge on any atom is 0.326 e. The first-order valence-electron chi connectivity index (χ1n) is 8.90. The molecule has 1 amide bonds. The molecule has 1 aliphatic heterocycles. The molecule has 0 aliphatic carbocycles. The maximum atomic E-state index is 12.8. The van der Waals surface area contributed by atoms with E-state index >= 15 is 0 Å². The predicted molar refractivity (Wildman–Crippen MR) is 89.3 cm³/mol. The number of aliphatic carboxylic acids is 1. The van der Waals surface area contributed by atoms with Crippen molar-refractivity contribution in [2.45, 2.75) is 65.0 Å². The van der Waals surface area contributed by atoms with Crippen LogP contribution in [-0.2, 0) is 14.3 Å². The lowest BCUT2D eigenvalue weighted by molar-refractivity contribution is -0.144. The number of rotatable bonds is 10. The quantitative estimate of drug-likeness (QED) is 0.640. The number of hydrogen-bond acceptors (Lipinski definition) is 4. The van der Waals surface area contributed by atoms with Gasteiger partial charge in [-0.2, -0.15) is 0 Å². The number of amides is 1. The largest absolute Gasteiger partial charge is 0.480 e. The second kappa shape index (κ2) is 10.6. The van der Waals surface area contributed by atoms with Crippen molar-refractivity contribution in [1.82, 2.24) is 10.2 Å². The van der Waals surface area contributed by atoms with Crippen LogP contribution in [-0.4, -0.2) is 60.3 Å². The summed E-state index contributed by atoms with van der Waals surface area (Å²) in [6, 6.07) is -1.06. The third kappa shape index (κ3) is 6.11. The predicted octanol–water partition coefficient (Wildman–Crippen LogP) is 1.88. The van der Waals surface area contributed by atoms with Crippen LogP contribution in [0.1, 0.15) is 52.9 Å². The van der Waals surface area contributed by atoms with E-state index in [0.29, 0.717) is 19.6 Å². The highest BCUT2D eigenvalue weighted by Crippen LogP contribution is 2.20. The fourth-order valence-electron chi connectivity index (χ4n) is 3.19. The SMILES string of the molecule is CCCCC(NC(=O)C(C(CC)CC)N1CCOCC1)C(=O)O. The van der Waals surface area contributed by atoms with Gasteiger partial charge in [-0.25, -0.2) is 4.79 Å². The van der Waals surface area contributed by atoms with Gasteiger partial charge in [0.25, 0.3) is 0 Å². The van der Waals surface area contributed by atoms with Crippen molar-refractivity contribution in [1.29, 1.82) is 0 Å². The summed E-state index contributed by atoms with van der Waals surface area (Å²) in [5.74, 6) is -0.866. The molecule has 2 unspecified atom stereocenters. The molecule has 0 saturated carbocycles. The zero-order chi connectivity index (χ0) is 17.2. The Labute approximate surface area is 139 Å². The lowest BCUT2D eigenvalue weighted by Gasteiger charge is -2.38. The molecule has 1 aliphatic rings. The van der Waals surface area contributed by atoms with Gasteiger partial charge >= 0.3 is 5.97 Å². The number of ether oxygens (including phenoxy) is 1. The summed E-state index contributed by atoms with van der Waals surface area (Å²) >= 11 is 0. The summed E-state index contributed by atoms with van der Waals surface area (Å²) in [6.45, 7) is 8.88. The van der Waals surface area contributed by atoms with Gasteiger partial charge in [-0.05, 0) is 12.3 Å². The molecule has 0 radical (unpaired) electrons. The van der Waals surface area contributed by atoms with Crippen molar-refractivity contribution in [2.24, 2.45) is 5.92 Å². The van der Waals surface area contributed by atoms with Gasteiger partial charge in [0.2, 0.25) is 5.91 Å². The van der Waals surface area contributed by atoms with Crippen LogP contribution >= 0.6 is 0 Å². The van der Waals surface area contributed by atoms with Crippen LogP contribution in [0.4, 0.5) is 0 Å². The summed E-state index contributed by atoms with van der Waals surface area (Å²) in [5.41, 5.74) is 0. The van der Waals surface area contributed by atoms with Crippen molar-refractivity contribution in [2.75, 3.05) is 26.3 Å². The molecular weight excluding hydrogens is 296 g/mol. The summed E-state index contributed by atoms with van der Waals surface area (Å²) in [7, 11) is 0. The van der Waals surface area contributed by atoms with Crippen LogP contribution in [0.3, 0.4) is 0 Å². The van der Waals surface area contributed by atoms with Gasteiger partial charge < -0.3 is 15.2 Å². The molecule has 6 nitrogen and oxygen atoms in total. The van der Waals surface area contributed by atoms with E-state index in [0.717, 1.165) is 38.8 Å². The first-order valence-corrected chi connectivity index (χ1v) is 8.90. The van der Waals surface area contributed by atoms with E-state index in [2.05, 4.69) is 24.1 Å². The zero-order valence-electron chi connectivity index (χ0n) is 14.7. The lowest BCUT2D eigenvalue weighted by Crippen LogP contribution is -2.56. The molecule has 1 fully saturated rings. The van der Waals surface area contributed by atoms with Crippen molar-refractivity contribution in [3.63, 3.8) is 0 Å². The highest BCUT2D eigenvalue weighted by Gasteiger charge is 2.34. The van der Waals surface area contributed by atoms with Crippen LogP contribution in [0.2, 0.25) is 0 Å². The number of nitrogens with one attached hydrogen (secondary N) is 1. The lowest BCUT2D eigenvalue weighted by atomic mass is 9.91. The van der Waals surface area contributed by atoms with Crippen molar-refractivity contribution >= 4 is 11.9 Å². The monoisotopic (exact) mass is 328 g/mol. The molecule has 0 spiro atoms. The molecule has 0 aromatic rings. The summed E-state index contributed by atoms with van der Waals surface area (Å²) in [4.78, 5) is 26.4. The van der Waals surface area contributed by atoms with E-state index in [1.54, 1.807) is 0 Å². The summed E-state index contributed by atoms with van der Waals surface area (Å²) in [5, 5.41) is 12.1. The number of hydrogen-bond donors (Lipinski definition) is 2. The average Bonchev–Trinajstić information content (AvgIpc) is 2.56. The molecule has 0 aromatic carbocycles. The van der Waals surface area contributed by atoms with Gasteiger partial charge in [-0.3, -0.25) is 9.69 Å². The molecule has 1 saturated heterocycles. The molecule has 1 rings (SSSR count). The molecule has 6 heteroatoms. The topological polar surface area (TPSA) is 78.9 Å². The van der Waals surface area contributed by atoms with E-state index in [1.165, 1.54) is 0 Å². The van der Waals surface area contributed by atoms with Gasteiger partial charge in [-0.1, -0.05) is 46.5 Å². The standard InChI is InChI=1S/C17H32N2O4/c1-4-7-8-14(17(21)22)18-16(20)15(13(5-2)6-3)19-9-11-23-12-10-19/h13-15H,4-12H2,1-3H3,(H,18,20)(H,21,22). The van der Waals surface area contributed by atoms with Gasteiger partial charge in [0.1, 0.15) is 6.04 Å². The normalized spacial score (nSPS) is 18.6. The number of unbranched alkanes of at least 4 members (excludes halogenated alkanes) is 1. The third-order valence-electron chi connectivity index (χ3n) is 4.66. The fourth-order valence-corrected chi connectivity index (χ4v) is 3.19. The Balaban J connectivity index is 2.82. The number of carbonyl (C=O) groups excluding carboxylic acids is 1. The second-order valence-corrected chi connectivity index (χ2v) is 6.21. The Hall–Kier alpha value is -1.14. The molecule has 0 bridgehead atoms. The smallest absolute Gasteiger partial charge is 0.326 e. The first kappa shape index (κ1) is 19.9. The van der Waals surface area contributed by atoms with E-state index < -0.39 is 12.0 Å². The van der Waals surface area contributed by atoms with Crippen molar-refractivity contribution < 1.29 is 19.4 Å². The molecule has 1 heterocycles. The summed E-state index contributed by atoms with van der Waals surface area (Å²) in [6.07, 6.45) is 4.00. The van der Waals surface area contributed by atoms with Crippen molar-refractivity contribution in [3.8, 4) is 0 Å². The first-order chi connectivity index (χ1) is 11.0. The van der Waals surface area contributed by atoms with Crippen LogP contribution in [0.5, 0.6) is 0 Å². The Kier molecular flexibility index (Phi) is 9.17. The van der Waals surface area contributed by atoms with Crippen LogP contribution in [0, 0.1) is 5.92 Å². The van der Waals surface area contributed by atoms with Gasteiger partial charge in [-0.15, -0.1) is 0 Å². The number of morpholine rings is 1. The van der Waals surface area contributed by atoms with E-state index in [9.17, 15) is 14.7 Å². The molecule has 0 aromatic heterocycles. The minimum absolute atomic E-state index is 0.149. The molecule has 2 atom stereocenters. The highest BCUT2D eigenvalue weighted by molar-refractivity contribution is 5.87. The van der Waals surface area contributed by atoms with Gasteiger partial charge in [0.15, 0.2) is 0 Å². The number of carbonyl (C=O) groups is 2. The highest BCUT2D eigenvalue weighted by atomic mass is 16.5. The number of carboxylic acid groups (broad SMARTS) is 1. The molecule has 23 heavy (non-hydrogen) atoms. The molecular formula is C17H32N2O4. The number of carboxylic acids is 1. The van der Waals surface area contributed by atoms with E-state index in [1.807, 2.05) is 6.92 Å². The average molecular weight is 328 g/mol. The second-order valence-electron chi connectivity index (χ2n) is 6.21. The zero-order valence-corrected chi connectivity index (χ0v) is 14.7. The Morgan fingerprint density at radius 2 is 1.78 bits per heavy atom. The van der Waals surface area contributed by atoms with Crippen LogP contribution in [0.25, 0.3) is 0 Å². The minimum atomic E-state index is -0.947. The summed E-state index contributed by atoms with van der Waals surface area (Å²) < 4.78 is 5.38. The van der Waals surface area contributed by atoms with Crippen LogP contribution < -0.4 is 5.32 Å². The Morgan fingerprint density at radius 3 is 2.26 bits per heavy atom. The van der Waals surface area contributed by atoms with Gasteiger partial charge in [0, 0.05) is 13.1 Å². The number of nitrogens with zero attached hydrogens (tertiary/aromatic N) is 1.